The number of hydrogen-bond acceptors (Lipinski definition) is 3. The van der Waals surface area contributed by atoms with Crippen molar-refractivity contribution < 1.29 is 4.74 Å². The van der Waals surface area contributed by atoms with Crippen LogP contribution in [0.15, 0.2) is 67.3 Å². The monoisotopic (exact) mass is 269 g/mol. The van der Waals surface area contributed by atoms with Crippen molar-refractivity contribution in [2.45, 2.75) is 11.9 Å². The Morgan fingerprint density at radius 3 is 2.63 bits per heavy atom. The van der Waals surface area contributed by atoms with Crippen LogP contribution in [-0.4, -0.2) is 5.44 Å². The first-order valence-electron chi connectivity index (χ1n) is 6.27. The van der Waals surface area contributed by atoms with Gasteiger partial charge in [0.1, 0.15) is 5.75 Å². The molecule has 1 heterocycles. The highest BCUT2D eigenvalue weighted by atomic mass is 32.2. The summed E-state index contributed by atoms with van der Waals surface area (Å²) in [4.78, 5) is 0. The number of nitrogens with zero attached hydrogens (tertiary/aromatic N) is 1. The first-order chi connectivity index (χ1) is 9.38. The average molecular weight is 269 g/mol. The Kier molecular flexibility index (Phi) is 3.47. The molecule has 0 aromatic heterocycles. The molecule has 0 bridgehead atoms. The molecule has 3 rings (SSSR count). The molecule has 1 aliphatic heterocycles. The third-order valence-electron chi connectivity index (χ3n) is 2.92. The molecule has 2 aromatic rings. The second-order valence-corrected chi connectivity index (χ2v) is 5.38. The molecule has 0 radical (unpaired) electrons. The summed E-state index contributed by atoms with van der Waals surface area (Å²) in [5, 5.41) is 0. The Morgan fingerprint density at radius 2 is 1.84 bits per heavy atom. The fourth-order valence-corrected chi connectivity index (χ4v) is 3.16. The van der Waals surface area contributed by atoms with Crippen LogP contribution in [0.3, 0.4) is 0 Å². The molecule has 1 unspecified atom stereocenters. The van der Waals surface area contributed by atoms with Crippen LogP contribution in [-0.2, 0) is 0 Å². The maximum absolute atomic E-state index is 5.97. The zero-order chi connectivity index (χ0) is 13.1. The number of fused-ring (bicyclic) bond motifs is 1. The van der Waals surface area contributed by atoms with Crippen molar-refractivity contribution in [3.05, 3.63) is 67.3 Å². The maximum atomic E-state index is 5.97. The topological polar surface area (TPSA) is 12.5 Å². The molecule has 1 aliphatic rings. The Labute approximate surface area is 117 Å². The van der Waals surface area contributed by atoms with Crippen molar-refractivity contribution in [2.24, 2.45) is 0 Å². The van der Waals surface area contributed by atoms with Gasteiger partial charge in [0.05, 0.1) is 11.4 Å². The summed E-state index contributed by atoms with van der Waals surface area (Å²) in [6, 6.07) is 18.5. The first kappa shape index (κ1) is 12.2. The van der Waals surface area contributed by atoms with Crippen LogP contribution in [0.4, 0.5) is 11.4 Å². The van der Waals surface area contributed by atoms with Crippen molar-refractivity contribution in [1.29, 1.82) is 0 Å². The van der Waals surface area contributed by atoms with Gasteiger partial charge in [-0.1, -0.05) is 36.4 Å². The molecule has 0 saturated carbocycles. The second-order valence-electron chi connectivity index (χ2n) is 4.27. The molecule has 0 fully saturated rings. The molecule has 0 amide bonds. The largest absolute Gasteiger partial charge is 0.475 e. The number of benzene rings is 2. The van der Waals surface area contributed by atoms with Crippen molar-refractivity contribution in [3.63, 3.8) is 0 Å². The summed E-state index contributed by atoms with van der Waals surface area (Å²) in [5.41, 5.74) is 2.34. The molecule has 0 saturated heterocycles. The highest BCUT2D eigenvalue weighted by Gasteiger charge is 2.26. The van der Waals surface area contributed by atoms with E-state index in [9.17, 15) is 0 Å². The van der Waals surface area contributed by atoms with Crippen molar-refractivity contribution in [2.75, 3.05) is 4.31 Å². The summed E-state index contributed by atoms with van der Waals surface area (Å²) in [7, 11) is 0. The predicted molar refractivity (Wildman–Crippen MR) is 81.8 cm³/mol. The third kappa shape index (κ3) is 2.47. The summed E-state index contributed by atoms with van der Waals surface area (Å²) in [6.07, 6.45) is 2.72. The lowest BCUT2D eigenvalue weighted by molar-refractivity contribution is 0.289. The fraction of sp³-hybridized carbons (Fsp3) is 0.125. The zero-order valence-electron chi connectivity index (χ0n) is 10.5. The molecule has 2 aromatic carbocycles. The van der Waals surface area contributed by atoms with Crippen LogP contribution in [0, 0.1) is 0 Å². The van der Waals surface area contributed by atoms with E-state index in [1.54, 1.807) is 11.9 Å². The summed E-state index contributed by atoms with van der Waals surface area (Å²) < 4.78 is 8.20. The fourth-order valence-electron chi connectivity index (χ4n) is 2.05. The van der Waals surface area contributed by atoms with E-state index in [-0.39, 0.29) is 5.44 Å². The highest BCUT2D eigenvalue weighted by Crippen LogP contribution is 2.45. The molecule has 0 aliphatic carbocycles. The van der Waals surface area contributed by atoms with Gasteiger partial charge < -0.3 is 4.74 Å². The minimum Gasteiger partial charge on any atom is -0.475 e. The molecule has 96 valence electrons. The normalized spacial score (nSPS) is 17.5. The standard InChI is InChI=1S/C16H15NOS/c1-2-8-16-18-15-12-7-6-11-14(15)17(19-16)13-9-4-3-5-10-13/h2-7,9-12,16H,1,8H2. The van der Waals surface area contributed by atoms with E-state index < -0.39 is 0 Å². The molecule has 0 spiro atoms. The second kappa shape index (κ2) is 5.41. The lowest BCUT2D eigenvalue weighted by atomic mass is 10.2. The molecule has 19 heavy (non-hydrogen) atoms. The summed E-state index contributed by atoms with van der Waals surface area (Å²) in [6.45, 7) is 3.80. The third-order valence-corrected chi connectivity index (χ3v) is 4.06. The highest BCUT2D eigenvalue weighted by molar-refractivity contribution is 8.01. The Morgan fingerprint density at radius 1 is 1.11 bits per heavy atom. The van der Waals surface area contributed by atoms with E-state index in [1.165, 1.54) is 0 Å². The van der Waals surface area contributed by atoms with E-state index in [0.29, 0.717) is 0 Å². The smallest absolute Gasteiger partial charge is 0.167 e. The van der Waals surface area contributed by atoms with E-state index in [2.05, 4.69) is 41.2 Å². The quantitative estimate of drug-likeness (QED) is 0.588. The summed E-state index contributed by atoms with van der Waals surface area (Å²) in [5.74, 6) is 0.928. The predicted octanol–water partition coefficient (Wildman–Crippen LogP) is 4.77. The molecular formula is C16H15NOS. The van der Waals surface area contributed by atoms with Gasteiger partial charge in [-0.25, -0.2) is 0 Å². The number of rotatable bonds is 3. The van der Waals surface area contributed by atoms with Gasteiger partial charge in [0.2, 0.25) is 0 Å². The van der Waals surface area contributed by atoms with Gasteiger partial charge in [-0.15, -0.1) is 6.58 Å². The van der Waals surface area contributed by atoms with Gasteiger partial charge in [-0.3, -0.25) is 4.31 Å². The minimum atomic E-state index is 0.0765. The van der Waals surface area contributed by atoms with E-state index in [4.69, 9.17) is 4.74 Å². The van der Waals surface area contributed by atoms with Crippen LogP contribution < -0.4 is 9.04 Å². The van der Waals surface area contributed by atoms with Gasteiger partial charge in [0.25, 0.3) is 0 Å². The van der Waals surface area contributed by atoms with E-state index in [0.717, 1.165) is 23.5 Å². The molecule has 3 heteroatoms. The average Bonchev–Trinajstić information content (AvgIpc) is 2.48. The van der Waals surface area contributed by atoms with Gasteiger partial charge in [0.15, 0.2) is 5.44 Å². The maximum Gasteiger partial charge on any atom is 0.167 e. The molecule has 2 nitrogen and oxygen atoms in total. The number of para-hydroxylation sites is 3. The lowest BCUT2D eigenvalue weighted by Crippen LogP contribution is -2.25. The summed E-state index contributed by atoms with van der Waals surface area (Å²) >= 11 is 1.69. The van der Waals surface area contributed by atoms with E-state index >= 15 is 0 Å². The molecular weight excluding hydrogens is 254 g/mol. The van der Waals surface area contributed by atoms with Gasteiger partial charge >= 0.3 is 0 Å². The Hall–Kier alpha value is -1.87. The Balaban J connectivity index is 2.00. The van der Waals surface area contributed by atoms with Gasteiger partial charge in [0, 0.05) is 18.4 Å². The zero-order valence-corrected chi connectivity index (χ0v) is 11.3. The van der Waals surface area contributed by atoms with Crippen LogP contribution in [0.5, 0.6) is 5.75 Å². The number of anilines is 2. The van der Waals surface area contributed by atoms with Crippen LogP contribution in [0.25, 0.3) is 0 Å². The minimum absolute atomic E-state index is 0.0765. The van der Waals surface area contributed by atoms with Gasteiger partial charge in [-0.05, 0) is 24.3 Å². The van der Waals surface area contributed by atoms with E-state index in [1.807, 2.05) is 30.3 Å². The van der Waals surface area contributed by atoms with Crippen molar-refractivity contribution in [1.82, 2.24) is 0 Å². The molecule has 0 N–H and O–H groups in total. The first-order valence-corrected chi connectivity index (χ1v) is 7.10. The number of hydrogen-bond donors (Lipinski definition) is 0. The van der Waals surface area contributed by atoms with Crippen LogP contribution in [0.2, 0.25) is 0 Å². The van der Waals surface area contributed by atoms with Crippen molar-refractivity contribution in [3.8, 4) is 5.75 Å². The molecule has 1 atom stereocenters. The van der Waals surface area contributed by atoms with Gasteiger partial charge in [-0.2, -0.15) is 0 Å². The lowest BCUT2D eigenvalue weighted by Gasteiger charge is -2.34. The van der Waals surface area contributed by atoms with Crippen LogP contribution in [0.1, 0.15) is 6.42 Å². The number of ether oxygens (including phenoxy) is 1. The Bertz CT molecular complexity index is 570. The SMILES string of the molecule is C=CCC1Oc2ccccc2N(c2ccccc2)S1. The van der Waals surface area contributed by atoms with Crippen molar-refractivity contribution >= 4 is 23.3 Å². The van der Waals surface area contributed by atoms with Crippen LogP contribution >= 0.6 is 11.9 Å².